The molecule has 5 heteroatoms. The maximum Gasteiger partial charge on any atom is 0.276 e. The maximum atomic E-state index is 11.3. The molecule has 5 nitrogen and oxygen atoms in total. The Bertz CT molecular complexity index is 453. The number of carbonyl (C=O) groups excluding carboxylic acids is 1. The van der Waals surface area contributed by atoms with Gasteiger partial charge in [-0.1, -0.05) is 12.1 Å². The smallest absolute Gasteiger partial charge is 0.276 e. The summed E-state index contributed by atoms with van der Waals surface area (Å²) >= 11 is 0. The summed E-state index contributed by atoms with van der Waals surface area (Å²) in [5, 5.41) is 13.4. The molecule has 0 saturated carbocycles. The Kier molecular flexibility index (Phi) is 4.39. The molecule has 1 amide bonds. The molecule has 0 saturated heterocycles. The highest BCUT2D eigenvalue weighted by Gasteiger charge is 2.09. The fourth-order valence-electron chi connectivity index (χ4n) is 1.29. The molecule has 0 aliphatic heterocycles. The van der Waals surface area contributed by atoms with Crippen molar-refractivity contribution in [1.82, 2.24) is 5.32 Å². The van der Waals surface area contributed by atoms with Crippen LogP contribution >= 0.6 is 0 Å². The lowest BCUT2D eigenvalue weighted by atomic mass is 10.1. The van der Waals surface area contributed by atoms with Gasteiger partial charge in [-0.2, -0.15) is 0 Å². The number of nitro benzene ring substituents is 1. The minimum absolute atomic E-state index is 0.0129. The second-order valence-electron chi connectivity index (χ2n) is 3.81. The van der Waals surface area contributed by atoms with Gasteiger partial charge in [-0.3, -0.25) is 14.9 Å². The SMILES string of the molecule is CC(C)NC(=O)/C=C/c1ccccc1[N+](=O)[O-]. The third-order valence-corrected chi connectivity index (χ3v) is 1.98. The zero-order valence-electron chi connectivity index (χ0n) is 9.71. The fraction of sp³-hybridized carbons (Fsp3) is 0.250. The summed E-state index contributed by atoms with van der Waals surface area (Å²) in [6.45, 7) is 3.69. The van der Waals surface area contributed by atoms with Gasteiger partial charge in [0, 0.05) is 18.2 Å². The molecule has 0 unspecified atom stereocenters. The van der Waals surface area contributed by atoms with Crippen LogP contribution in [-0.4, -0.2) is 16.9 Å². The van der Waals surface area contributed by atoms with Crippen LogP contribution in [0.15, 0.2) is 30.3 Å². The zero-order chi connectivity index (χ0) is 12.8. The van der Waals surface area contributed by atoms with Crippen LogP contribution in [0.3, 0.4) is 0 Å². The highest BCUT2D eigenvalue weighted by Crippen LogP contribution is 2.18. The Balaban J connectivity index is 2.84. The quantitative estimate of drug-likeness (QED) is 0.492. The molecule has 1 N–H and O–H groups in total. The molecule has 1 aromatic carbocycles. The summed E-state index contributed by atoms with van der Waals surface area (Å²) in [7, 11) is 0. The van der Waals surface area contributed by atoms with E-state index < -0.39 is 4.92 Å². The van der Waals surface area contributed by atoms with E-state index in [4.69, 9.17) is 0 Å². The first-order valence-corrected chi connectivity index (χ1v) is 5.22. The number of amides is 1. The highest BCUT2D eigenvalue weighted by molar-refractivity contribution is 5.92. The third kappa shape index (κ3) is 4.06. The molecular weight excluding hydrogens is 220 g/mol. The van der Waals surface area contributed by atoms with E-state index in [1.54, 1.807) is 18.2 Å². The van der Waals surface area contributed by atoms with Crippen molar-refractivity contribution in [3.63, 3.8) is 0 Å². The lowest BCUT2D eigenvalue weighted by Gasteiger charge is -2.04. The second kappa shape index (κ2) is 5.79. The van der Waals surface area contributed by atoms with E-state index in [-0.39, 0.29) is 17.6 Å². The zero-order valence-corrected chi connectivity index (χ0v) is 9.71. The molecule has 0 spiro atoms. The highest BCUT2D eigenvalue weighted by atomic mass is 16.6. The van der Waals surface area contributed by atoms with Crippen LogP contribution in [-0.2, 0) is 4.79 Å². The van der Waals surface area contributed by atoms with Crippen molar-refractivity contribution in [2.45, 2.75) is 19.9 Å². The summed E-state index contributed by atoms with van der Waals surface area (Å²) in [5.74, 6) is -0.266. The Hall–Kier alpha value is -2.17. The van der Waals surface area contributed by atoms with E-state index in [0.717, 1.165) is 0 Å². The van der Waals surface area contributed by atoms with Gasteiger partial charge in [-0.15, -0.1) is 0 Å². The number of para-hydroxylation sites is 1. The lowest BCUT2D eigenvalue weighted by molar-refractivity contribution is -0.385. The maximum absolute atomic E-state index is 11.3. The van der Waals surface area contributed by atoms with E-state index in [9.17, 15) is 14.9 Å². The molecule has 0 atom stereocenters. The van der Waals surface area contributed by atoms with E-state index >= 15 is 0 Å². The molecule has 0 heterocycles. The van der Waals surface area contributed by atoms with Gasteiger partial charge in [0.25, 0.3) is 5.69 Å². The van der Waals surface area contributed by atoms with Crippen LogP contribution in [0, 0.1) is 10.1 Å². The molecular formula is C12H14N2O3. The Morgan fingerprint density at radius 3 is 2.65 bits per heavy atom. The first-order chi connectivity index (χ1) is 8.00. The first-order valence-electron chi connectivity index (χ1n) is 5.22. The molecule has 17 heavy (non-hydrogen) atoms. The molecule has 0 radical (unpaired) electrons. The largest absolute Gasteiger partial charge is 0.350 e. The van der Waals surface area contributed by atoms with Crippen LogP contribution in [0.25, 0.3) is 6.08 Å². The van der Waals surface area contributed by atoms with Crippen molar-refractivity contribution in [1.29, 1.82) is 0 Å². The molecule has 0 fully saturated rings. The molecule has 0 aliphatic rings. The monoisotopic (exact) mass is 234 g/mol. The molecule has 1 aromatic rings. The van der Waals surface area contributed by atoms with Crippen LogP contribution in [0.1, 0.15) is 19.4 Å². The summed E-state index contributed by atoms with van der Waals surface area (Å²) in [6, 6.07) is 6.31. The van der Waals surface area contributed by atoms with Crippen LogP contribution in [0.5, 0.6) is 0 Å². The van der Waals surface area contributed by atoms with Gasteiger partial charge in [0.05, 0.1) is 10.5 Å². The fourth-order valence-corrected chi connectivity index (χ4v) is 1.29. The Morgan fingerprint density at radius 2 is 2.06 bits per heavy atom. The van der Waals surface area contributed by atoms with Gasteiger partial charge in [0.15, 0.2) is 0 Å². The molecule has 0 bridgehead atoms. The van der Waals surface area contributed by atoms with Gasteiger partial charge in [0.2, 0.25) is 5.91 Å². The van der Waals surface area contributed by atoms with Crippen molar-refractivity contribution in [2.75, 3.05) is 0 Å². The number of nitrogens with zero attached hydrogens (tertiary/aromatic N) is 1. The number of carbonyl (C=O) groups is 1. The van der Waals surface area contributed by atoms with Crippen molar-refractivity contribution >= 4 is 17.7 Å². The van der Waals surface area contributed by atoms with Crippen LogP contribution in [0.2, 0.25) is 0 Å². The summed E-state index contributed by atoms with van der Waals surface area (Å²) < 4.78 is 0. The topological polar surface area (TPSA) is 72.2 Å². The average Bonchev–Trinajstić information content (AvgIpc) is 2.25. The lowest BCUT2D eigenvalue weighted by Crippen LogP contribution is -2.28. The number of nitro groups is 1. The van der Waals surface area contributed by atoms with E-state index in [1.807, 2.05) is 13.8 Å². The summed E-state index contributed by atoms with van der Waals surface area (Å²) in [5.41, 5.74) is 0.400. The number of hydrogen-bond donors (Lipinski definition) is 1. The van der Waals surface area contributed by atoms with Crippen LogP contribution in [0.4, 0.5) is 5.69 Å². The third-order valence-electron chi connectivity index (χ3n) is 1.98. The van der Waals surface area contributed by atoms with E-state index in [0.29, 0.717) is 5.56 Å². The molecule has 90 valence electrons. The first kappa shape index (κ1) is 12.9. The number of benzene rings is 1. The predicted octanol–water partition coefficient (Wildman–Crippen LogP) is 2.13. The minimum atomic E-state index is -0.472. The Morgan fingerprint density at radius 1 is 1.41 bits per heavy atom. The summed E-state index contributed by atoms with van der Waals surface area (Å²) in [4.78, 5) is 21.6. The van der Waals surface area contributed by atoms with E-state index in [1.165, 1.54) is 18.2 Å². The van der Waals surface area contributed by atoms with Crippen molar-refractivity contribution in [2.24, 2.45) is 0 Å². The number of hydrogen-bond acceptors (Lipinski definition) is 3. The van der Waals surface area contributed by atoms with Crippen molar-refractivity contribution in [3.8, 4) is 0 Å². The normalized spacial score (nSPS) is 10.8. The standard InChI is InChI=1S/C12H14N2O3/c1-9(2)13-12(15)8-7-10-5-3-4-6-11(10)14(16)17/h3-9H,1-2H3,(H,13,15)/b8-7+. The van der Waals surface area contributed by atoms with Gasteiger partial charge in [-0.25, -0.2) is 0 Å². The van der Waals surface area contributed by atoms with Crippen molar-refractivity contribution in [3.05, 3.63) is 46.0 Å². The van der Waals surface area contributed by atoms with Gasteiger partial charge < -0.3 is 5.32 Å². The van der Waals surface area contributed by atoms with Crippen LogP contribution < -0.4 is 5.32 Å². The molecule has 0 aliphatic carbocycles. The Labute approximate surface area is 99.3 Å². The van der Waals surface area contributed by atoms with Gasteiger partial charge >= 0.3 is 0 Å². The minimum Gasteiger partial charge on any atom is -0.350 e. The van der Waals surface area contributed by atoms with Crippen molar-refractivity contribution < 1.29 is 9.72 Å². The average molecular weight is 234 g/mol. The molecule has 1 rings (SSSR count). The second-order valence-corrected chi connectivity index (χ2v) is 3.81. The van der Waals surface area contributed by atoms with Gasteiger partial charge in [0.1, 0.15) is 0 Å². The van der Waals surface area contributed by atoms with E-state index in [2.05, 4.69) is 5.32 Å². The number of nitrogens with one attached hydrogen (secondary N) is 1. The molecule has 0 aromatic heterocycles. The number of rotatable bonds is 4. The van der Waals surface area contributed by atoms with Gasteiger partial charge in [-0.05, 0) is 26.0 Å². The predicted molar refractivity (Wildman–Crippen MR) is 65.4 cm³/mol. The summed E-state index contributed by atoms with van der Waals surface area (Å²) in [6.07, 6.45) is 2.73.